The number of furan rings is 1. The minimum Gasteiger partial charge on any atom is -0.496 e. The third-order valence-electron chi connectivity index (χ3n) is 4.71. The number of aliphatic hydroxyl groups is 1. The molecule has 3 rings (SSSR count). The van der Waals surface area contributed by atoms with E-state index in [0.29, 0.717) is 22.9 Å². The highest BCUT2D eigenvalue weighted by Crippen LogP contribution is 2.43. The van der Waals surface area contributed by atoms with Crippen molar-refractivity contribution >= 4 is 5.97 Å². The maximum atomic E-state index is 12.2. The monoisotopic (exact) mass is 401 g/mol. The first-order valence-corrected chi connectivity index (χ1v) is 9.08. The number of hydrogen-bond acceptors (Lipinski definition) is 7. The fourth-order valence-electron chi connectivity index (χ4n) is 3.32. The van der Waals surface area contributed by atoms with Crippen molar-refractivity contribution in [2.45, 2.75) is 31.5 Å². The summed E-state index contributed by atoms with van der Waals surface area (Å²) in [6, 6.07) is 9.94. The number of oxazole rings is 1. The predicted octanol–water partition coefficient (Wildman–Crippen LogP) is 3.25. The van der Waals surface area contributed by atoms with E-state index in [1.807, 2.05) is 0 Å². The second-order valence-corrected chi connectivity index (χ2v) is 6.54. The molecule has 0 amide bonds. The van der Waals surface area contributed by atoms with Crippen LogP contribution in [0.5, 0.6) is 5.75 Å². The van der Waals surface area contributed by atoms with Gasteiger partial charge in [0.2, 0.25) is 5.60 Å². The lowest BCUT2D eigenvalue weighted by atomic mass is 9.78. The fraction of sp³-hybridized carbons (Fsp3) is 0.333. The van der Waals surface area contributed by atoms with Crippen LogP contribution in [0.3, 0.4) is 0 Å². The Labute approximate surface area is 167 Å². The number of ether oxygens (including phenoxy) is 2. The smallest absolute Gasteiger partial charge is 0.344 e. The Morgan fingerprint density at radius 2 is 2.03 bits per heavy atom. The summed E-state index contributed by atoms with van der Waals surface area (Å²) in [4.78, 5) is 16.3. The Morgan fingerprint density at radius 3 is 2.66 bits per heavy atom. The van der Waals surface area contributed by atoms with E-state index < -0.39 is 17.5 Å². The molecule has 154 valence electrons. The molecular formula is C21H23NO7. The normalized spacial score (nSPS) is 14.3. The summed E-state index contributed by atoms with van der Waals surface area (Å²) < 4.78 is 21.5. The molecule has 0 aliphatic carbocycles. The zero-order valence-corrected chi connectivity index (χ0v) is 16.2. The van der Waals surface area contributed by atoms with E-state index in [4.69, 9.17) is 18.3 Å². The highest BCUT2D eigenvalue weighted by atomic mass is 16.5. The van der Waals surface area contributed by atoms with Crippen LogP contribution in [-0.2, 0) is 21.7 Å². The van der Waals surface area contributed by atoms with Crippen LogP contribution in [0.4, 0.5) is 0 Å². The van der Waals surface area contributed by atoms with Crippen molar-refractivity contribution in [3.63, 3.8) is 0 Å². The largest absolute Gasteiger partial charge is 0.496 e. The summed E-state index contributed by atoms with van der Waals surface area (Å²) >= 11 is 0. The first kappa shape index (κ1) is 20.6. The maximum Gasteiger partial charge on any atom is 0.344 e. The number of carbonyl (C=O) groups is 1. The molecule has 0 spiro atoms. The van der Waals surface area contributed by atoms with Crippen molar-refractivity contribution in [1.29, 1.82) is 0 Å². The van der Waals surface area contributed by atoms with Crippen molar-refractivity contribution < 1.29 is 33.3 Å². The molecule has 29 heavy (non-hydrogen) atoms. The van der Waals surface area contributed by atoms with E-state index in [0.717, 1.165) is 0 Å². The number of hydrogen-bond donors (Lipinski definition) is 2. The van der Waals surface area contributed by atoms with Gasteiger partial charge in [-0.15, -0.1) is 0 Å². The molecule has 3 aromatic rings. The van der Waals surface area contributed by atoms with Gasteiger partial charge < -0.3 is 28.5 Å². The van der Waals surface area contributed by atoms with Crippen molar-refractivity contribution in [2.24, 2.45) is 0 Å². The molecule has 2 N–H and O–H groups in total. The average Bonchev–Trinajstić information content (AvgIpc) is 3.39. The third kappa shape index (κ3) is 4.33. The number of aliphatic carboxylic acids is 1. The van der Waals surface area contributed by atoms with Crippen LogP contribution >= 0.6 is 0 Å². The number of carboxylic acids is 1. The van der Waals surface area contributed by atoms with Crippen molar-refractivity contribution in [2.75, 3.05) is 13.7 Å². The Bertz CT molecular complexity index is 934. The zero-order chi connectivity index (χ0) is 20.9. The highest BCUT2D eigenvalue weighted by Gasteiger charge is 2.49. The molecule has 0 saturated carbocycles. The number of carboxylic acid groups (broad SMARTS) is 1. The number of methoxy groups -OCH3 is 1. The molecule has 2 atom stereocenters. The van der Waals surface area contributed by atoms with Gasteiger partial charge in [0.15, 0.2) is 5.89 Å². The van der Waals surface area contributed by atoms with Crippen LogP contribution in [-0.4, -0.2) is 34.9 Å². The number of nitrogens with zero attached hydrogens (tertiary/aromatic N) is 1. The molecule has 0 radical (unpaired) electrons. The molecule has 8 nitrogen and oxygen atoms in total. The van der Waals surface area contributed by atoms with Gasteiger partial charge in [-0.2, -0.15) is 0 Å². The van der Waals surface area contributed by atoms with E-state index in [2.05, 4.69) is 4.98 Å². The van der Waals surface area contributed by atoms with Crippen LogP contribution in [0.25, 0.3) is 0 Å². The van der Waals surface area contributed by atoms with Crippen molar-refractivity contribution in [1.82, 2.24) is 4.98 Å². The summed E-state index contributed by atoms with van der Waals surface area (Å²) in [5, 5.41) is 21.2. The van der Waals surface area contributed by atoms with E-state index >= 15 is 0 Å². The Morgan fingerprint density at radius 1 is 1.24 bits per heavy atom. The van der Waals surface area contributed by atoms with Gasteiger partial charge >= 0.3 is 5.97 Å². The van der Waals surface area contributed by atoms with Crippen LogP contribution in [0, 0.1) is 6.92 Å². The van der Waals surface area contributed by atoms with Gasteiger partial charge in [-0.05, 0) is 24.6 Å². The van der Waals surface area contributed by atoms with Crippen LogP contribution in [0.1, 0.15) is 35.2 Å². The standard InChI is InChI=1S/C21H23NO7/c1-14-22-15(13-29-14)12-27-11-9-17(16-6-3-4-7-18(16)26-2)21(25,20(23)24)19-8-5-10-28-19/h3-8,10,13,17,25H,9,11-12H2,1-2H3,(H,23,24). The molecule has 0 saturated heterocycles. The number of aryl methyl sites for hydroxylation is 1. The summed E-state index contributed by atoms with van der Waals surface area (Å²) in [7, 11) is 1.49. The summed E-state index contributed by atoms with van der Waals surface area (Å²) in [6.07, 6.45) is 3.02. The Hall–Kier alpha value is -3.10. The zero-order valence-electron chi connectivity index (χ0n) is 16.2. The summed E-state index contributed by atoms with van der Waals surface area (Å²) in [6.45, 7) is 2.12. The van der Waals surface area contributed by atoms with E-state index in [1.54, 1.807) is 31.2 Å². The molecule has 0 bridgehead atoms. The first-order chi connectivity index (χ1) is 14.0. The van der Waals surface area contributed by atoms with Crippen LogP contribution in [0.15, 0.2) is 57.8 Å². The average molecular weight is 401 g/mol. The molecule has 1 aromatic carbocycles. The molecule has 2 unspecified atom stereocenters. The number of para-hydroxylation sites is 1. The Kier molecular flexibility index (Phi) is 6.36. The third-order valence-corrected chi connectivity index (χ3v) is 4.71. The van der Waals surface area contributed by atoms with Gasteiger partial charge in [0.25, 0.3) is 0 Å². The lowest BCUT2D eigenvalue weighted by molar-refractivity contribution is -0.165. The lowest BCUT2D eigenvalue weighted by Crippen LogP contribution is -2.42. The molecule has 0 aliphatic rings. The number of rotatable bonds is 10. The predicted molar refractivity (Wildman–Crippen MR) is 101 cm³/mol. The first-order valence-electron chi connectivity index (χ1n) is 9.08. The number of benzene rings is 1. The second-order valence-electron chi connectivity index (χ2n) is 6.54. The summed E-state index contributed by atoms with van der Waals surface area (Å²) in [5.74, 6) is -1.37. The maximum absolute atomic E-state index is 12.2. The SMILES string of the molecule is COc1ccccc1C(CCOCc1coc(C)n1)C(O)(C(=O)O)c1ccco1. The van der Waals surface area contributed by atoms with Gasteiger partial charge in [0, 0.05) is 25.0 Å². The van der Waals surface area contributed by atoms with Gasteiger partial charge in [0.05, 0.1) is 20.0 Å². The van der Waals surface area contributed by atoms with Crippen LogP contribution < -0.4 is 4.74 Å². The minimum absolute atomic E-state index is 0.0620. The molecule has 2 aromatic heterocycles. The topological polar surface area (TPSA) is 115 Å². The quantitative estimate of drug-likeness (QED) is 0.498. The van der Waals surface area contributed by atoms with Gasteiger partial charge in [-0.1, -0.05) is 18.2 Å². The number of aromatic nitrogens is 1. The van der Waals surface area contributed by atoms with E-state index in [9.17, 15) is 15.0 Å². The van der Waals surface area contributed by atoms with E-state index in [1.165, 1.54) is 31.8 Å². The molecule has 0 fully saturated rings. The lowest BCUT2D eigenvalue weighted by Gasteiger charge is -2.32. The van der Waals surface area contributed by atoms with Crippen LogP contribution in [0.2, 0.25) is 0 Å². The minimum atomic E-state index is -2.30. The Balaban J connectivity index is 1.88. The van der Waals surface area contributed by atoms with Crippen molar-refractivity contribution in [3.8, 4) is 5.75 Å². The second kappa shape index (κ2) is 8.93. The van der Waals surface area contributed by atoms with Crippen molar-refractivity contribution in [3.05, 3.63) is 71.8 Å². The van der Waals surface area contributed by atoms with Gasteiger partial charge in [-0.25, -0.2) is 9.78 Å². The molecular weight excluding hydrogens is 378 g/mol. The fourth-order valence-corrected chi connectivity index (χ4v) is 3.32. The molecule has 2 heterocycles. The molecule has 8 heteroatoms. The van der Waals surface area contributed by atoms with Gasteiger partial charge in [0.1, 0.15) is 23.5 Å². The van der Waals surface area contributed by atoms with E-state index in [-0.39, 0.29) is 25.4 Å². The highest BCUT2D eigenvalue weighted by molar-refractivity contribution is 5.80. The molecule has 0 aliphatic heterocycles. The van der Waals surface area contributed by atoms with Gasteiger partial charge in [-0.3, -0.25) is 0 Å². The summed E-state index contributed by atoms with van der Waals surface area (Å²) in [5.41, 5.74) is -1.13.